The Kier molecular flexibility index (Phi) is 5.40. The van der Waals surface area contributed by atoms with Gasteiger partial charge in [0.2, 0.25) is 11.8 Å². The summed E-state index contributed by atoms with van der Waals surface area (Å²) in [6.07, 6.45) is 0.958. The molecule has 7 N–H and O–H groups in total. The van der Waals surface area contributed by atoms with Crippen molar-refractivity contribution >= 4 is 11.8 Å². The highest BCUT2D eigenvalue weighted by molar-refractivity contribution is 5.83. The van der Waals surface area contributed by atoms with Crippen LogP contribution in [0.25, 0.3) is 0 Å². The lowest BCUT2D eigenvalue weighted by molar-refractivity contribution is -0.123. The summed E-state index contributed by atoms with van der Waals surface area (Å²) in [7, 11) is 1.66. The molecular formula is C10H22N4O2. The first-order valence-corrected chi connectivity index (χ1v) is 5.26. The number of primary amides is 2. The summed E-state index contributed by atoms with van der Waals surface area (Å²) in [6.45, 7) is 3.49. The van der Waals surface area contributed by atoms with Gasteiger partial charge >= 0.3 is 0 Å². The highest BCUT2D eigenvalue weighted by Gasteiger charge is 2.29. The number of carbonyl (C=O) groups is 2. The lowest BCUT2D eigenvalue weighted by Gasteiger charge is -2.26. The van der Waals surface area contributed by atoms with Crippen molar-refractivity contribution in [2.24, 2.45) is 23.1 Å². The van der Waals surface area contributed by atoms with E-state index in [1.54, 1.807) is 14.0 Å². The molecule has 94 valence electrons. The molecule has 6 heteroatoms. The van der Waals surface area contributed by atoms with Crippen molar-refractivity contribution in [1.82, 2.24) is 5.32 Å². The molecule has 0 rings (SSSR count). The Bertz CT molecular complexity index is 266. The summed E-state index contributed by atoms with van der Waals surface area (Å²) in [5, 5.41) is 2.82. The number of rotatable bonds is 7. The van der Waals surface area contributed by atoms with Gasteiger partial charge in [-0.05, 0) is 32.7 Å². The molecule has 0 aromatic carbocycles. The highest BCUT2D eigenvalue weighted by Crippen LogP contribution is 2.18. The number of likely N-dealkylation sites (N-methyl/N-ethyl adjacent to an activating group) is 1. The number of amides is 2. The molecule has 0 saturated carbocycles. The van der Waals surface area contributed by atoms with Gasteiger partial charge in [0.1, 0.15) is 0 Å². The van der Waals surface area contributed by atoms with Gasteiger partial charge in [-0.25, -0.2) is 0 Å². The Morgan fingerprint density at radius 2 is 1.88 bits per heavy atom. The molecule has 3 atom stereocenters. The van der Waals surface area contributed by atoms with Crippen LogP contribution in [0.15, 0.2) is 0 Å². The first-order chi connectivity index (χ1) is 7.20. The molecule has 3 unspecified atom stereocenters. The first-order valence-electron chi connectivity index (χ1n) is 5.26. The van der Waals surface area contributed by atoms with Crippen molar-refractivity contribution in [3.8, 4) is 0 Å². The van der Waals surface area contributed by atoms with E-state index in [4.69, 9.17) is 17.2 Å². The Balaban J connectivity index is 4.32. The third-order valence-electron chi connectivity index (χ3n) is 2.67. The standard InChI is InChI=1S/C10H22N4O2/c1-6(4-7(14-3)8(11)15)5-10(2,13)9(12)16/h6-7,14H,4-5,13H2,1-3H3,(H2,11,15)(H2,12,16). The van der Waals surface area contributed by atoms with Gasteiger partial charge < -0.3 is 22.5 Å². The van der Waals surface area contributed by atoms with E-state index >= 15 is 0 Å². The van der Waals surface area contributed by atoms with E-state index in [-0.39, 0.29) is 5.92 Å². The molecule has 0 saturated heterocycles. The molecule has 0 aliphatic carbocycles. The summed E-state index contributed by atoms with van der Waals surface area (Å²) in [5.74, 6) is -0.876. The quantitative estimate of drug-likeness (QED) is 0.433. The number of nitrogens with one attached hydrogen (secondary N) is 1. The van der Waals surface area contributed by atoms with Crippen molar-refractivity contribution in [3.63, 3.8) is 0 Å². The minimum Gasteiger partial charge on any atom is -0.368 e. The van der Waals surface area contributed by atoms with Gasteiger partial charge in [0.25, 0.3) is 0 Å². The highest BCUT2D eigenvalue weighted by atomic mass is 16.2. The molecule has 16 heavy (non-hydrogen) atoms. The Morgan fingerprint density at radius 1 is 1.38 bits per heavy atom. The largest absolute Gasteiger partial charge is 0.368 e. The smallest absolute Gasteiger partial charge is 0.237 e. The number of nitrogens with two attached hydrogens (primary N) is 3. The molecule has 0 aromatic heterocycles. The Morgan fingerprint density at radius 3 is 2.19 bits per heavy atom. The summed E-state index contributed by atoms with van der Waals surface area (Å²) in [5.41, 5.74) is 15.1. The minimum absolute atomic E-state index is 0.0763. The molecule has 2 amide bonds. The first kappa shape index (κ1) is 14.9. The van der Waals surface area contributed by atoms with E-state index in [1.165, 1.54) is 0 Å². The van der Waals surface area contributed by atoms with Crippen molar-refractivity contribution in [3.05, 3.63) is 0 Å². The lowest BCUT2D eigenvalue weighted by atomic mass is 9.86. The van der Waals surface area contributed by atoms with Crippen LogP contribution in [0.1, 0.15) is 26.7 Å². The van der Waals surface area contributed by atoms with Gasteiger partial charge in [0.15, 0.2) is 0 Å². The van der Waals surface area contributed by atoms with Crippen molar-refractivity contribution in [2.75, 3.05) is 7.05 Å². The molecule has 0 aliphatic heterocycles. The van der Waals surface area contributed by atoms with Crippen molar-refractivity contribution < 1.29 is 9.59 Å². The van der Waals surface area contributed by atoms with Crippen molar-refractivity contribution in [2.45, 2.75) is 38.3 Å². The molecular weight excluding hydrogens is 208 g/mol. The van der Waals surface area contributed by atoms with E-state index in [2.05, 4.69) is 5.32 Å². The van der Waals surface area contributed by atoms with Crippen LogP contribution in [0.3, 0.4) is 0 Å². The zero-order valence-corrected chi connectivity index (χ0v) is 10.1. The maximum Gasteiger partial charge on any atom is 0.237 e. The monoisotopic (exact) mass is 230 g/mol. The topological polar surface area (TPSA) is 124 Å². The number of carbonyl (C=O) groups excluding carboxylic acids is 2. The van der Waals surface area contributed by atoms with Gasteiger partial charge in [0, 0.05) is 0 Å². The SMILES string of the molecule is CNC(CC(C)CC(C)(N)C(N)=O)C(N)=O. The normalized spacial score (nSPS) is 18.5. The van der Waals surface area contributed by atoms with E-state index in [9.17, 15) is 9.59 Å². The molecule has 0 radical (unpaired) electrons. The van der Waals surface area contributed by atoms with Crippen molar-refractivity contribution in [1.29, 1.82) is 0 Å². The van der Waals surface area contributed by atoms with Gasteiger partial charge in [-0.3, -0.25) is 9.59 Å². The van der Waals surface area contributed by atoms with Gasteiger partial charge in [-0.2, -0.15) is 0 Å². The predicted molar refractivity (Wildman–Crippen MR) is 62.2 cm³/mol. The molecule has 0 spiro atoms. The van der Waals surface area contributed by atoms with E-state index < -0.39 is 23.4 Å². The zero-order chi connectivity index (χ0) is 12.9. The molecule has 0 bridgehead atoms. The number of hydrogen-bond acceptors (Lipinski definition) is 4. The Labute approximate surface area is 95.9 Å². The van der Waals surface area contributed by atoms with Crippen LogP contribution in [0.4, 0.5) is 0 Å². The molecule has 0 aliphatic rings. The molecule has 0 heterocycles. The minimum atomic E-state index is -1.05. The molecule has 6 nitrogen and oxygen atoms in total. The fourth-order valence-electron chi connectivity index (χ4n) is 1.69. The second kappa shape index (κ2) is 5.81. The Hall–Kier alpha value is -1.14. The second-order valence-electron chi connectivity index (χ2n) is 4.57. The average Bonchev–Trinajstić information content (AvgIpc) is 2.12. The van der Waals surface area contributed by atoms with Crippen LogP contribution in [0, 0.1) is 5.92 Å². The van der Waals surface area contributed by atoms with E-state index in [0.29, 0.717) is 12.8 Å². The van der Waals surface area contributed by atoms with Gasteiger partial charge in [-0.1, -0.05) is 6.92 Å². The fourth-order valence-corrected chi connectivity index (χ4v) is 1.69. The maximum atomic E-state index is 11.0. The molecule has 0 fully saturated rings. The lowest BCUT2D eigenvalue weighted by Crippen LogP contribution is -2.51. The third kappa shape index (κ3) is 4.59. The van der Waals surface area contributed by atoms with Gasteiger partial charge in [-0.15, -0.1) is 0 Å². The van der Waals surface area contributed by atoms with E-state index in [0.717, 1.165) is 0 Å². The van der Waals surface area contributed by atoms with Crippen LogP contribution in [-0.2, 0) is 9.59 Å². The maximum absolute atomic E-state index is 11.0. The van der Waals surface area contributed by atoms with Crippen LogP contribution >= 0.6 is 0 Å². The average molecular weight is 230 g/mol. The second-order valence-corrected chi connectivity index (χ2v) is 4.57. The summed E-state index contributed by atoms with van der Waals surface area (Å²) in [6, 6.07) is -0.404. The summed E-state index contributed by atoms with van der Waals surface area (Å²) >= 11 is 0. The summed E-state index contributed by atoms with van der Waals surface area (Å²) in [4.78, 5) is 22.0. The molecule has 0 aromatic rings. The van der Waals surface area contributed by atoms with Crippen LogP contribution < -0.4 is 22.5 Å². The van der Waals surface area contributed by atoms with Crippen LogP contribution in [0.5, 0.6) is 0 Å². The van der Waals surface area contributed by atoms with Crippen LogP contribution in [0.2, 0.25) is 0 Å². The zero-order valence-electron chi connectivity index (χ0n) is 10.1. The predicted octanol–water partition coefficient (Wildman–Crippen LogP) is -1.32. The summed E-state index contributed by atoms with van der Waals surface area (Å²) < 4.78 is 0. The number of hydrogen-bond donors (Lipinski definition) is 4. The van der Waals surface area contributed by atoms with E-state index in [1.807, 2.05) is 6.92 Å². The van der Waals surface area contributed by atoms with Gasteiger partial charge in [0.05, 0.1) is 11.6 Å². The third-order valence-corrected chi connectivity index (χ3v) is 2.67. The van der Waals surface area contributed by atoms with Crippen LogP contribution in [-0.4, -0.2) is 30.4 Å². The fraction of sp³-hybridized carbons (Fsp3) is 0.800.